The van der Waals surface area contributed by atoms with Crippen molar-refractivity contribution in [3.05, 3.63) is 58.9 Å². The van der Waals surface area contributed by atoms with Gasteiger partial charge in [-0.3, -0.25) is 9.78 Å². The van der Waals surface area contributed by atoms with Gasteiger partial charge in [0.05, 0.1) is 23.4 Å². The molecule has 1 saturated heterocycles. The van der Waals surface area contributed by atoms with Gasteiger partial charge in [0.25, 0.3) is 5.91 Å². The van der Waals surface area contributed by atoms with E-state index in [2.05, 4.69) is 4.98 Å². The van der Waals surface area contributed by atoms with Crippen molar-refractivity contribution in [1.29, 1.82) is 0 Å². The van der Waals surface area contributed by atoms with Crippen molar-refractivity contribution in [1.82, 2.24) is 9.88 Å². The number of rotatable bonds is 3. The first kappa shape index (κ1) is 18.2. The Labute approximate surface area is 160 Å². The summed E-state index contributed by atoms with van der Waals surface area (Å²) in [5.74, 6) is 0.0340. The van der Waals surface area contributed by atoms with Crippen molar-refractivity contribution in [2.24, 2.45) is 0 Å². The standard InChI is InChI=1S/C21H25BN2O3/c1-14-7-6-8-17(23-14)13-24-12-15-9-10-16(11-18(15)19(24)25)22-26-20(2,3)21(4,5)27-22/h6-11H,12-13H2,1-5H3. The summed E-state index contributed by atoms with van der Waals surface area (Å²) in [7, 11) is -0.458. The maximum absolute atomic E-state index is 12.9. The maximum atomic E-state index is 12.9. The third-order valence-corrected chi connectivity index (χ3v) is 5.84. The number of benzene rings is 1. The predicted octanol–water partition coefficient (Wildman–Crippen LogP) is 2.85. The normalized spacial score (nSPS) is 20.3. The van der Waals surface area contributed by atoms with E-state index in [0.717, 1.165) is 28.0 Å². The van der Waals surface area contributed by atoms with E-state index in [4.69, 9.17) is 9.31 Å². The first-order valence-electron chi connectivity index (χ1n) is 9.36. The molecule has 1 aromatic heterocycles. The second-order valence-corrected chi connectivity index (χ2v) is 8.44. The van der Waals surface area contributed by atoms with E-state index in [0.29, 0.717) is 13.1 Å². The molecule has 0 radical (unpaired) electrons. The lowest BCUT2D eigenvalue weighted by molar-refractivity contribution is 0.00578. The lowest BCUT2D eigenvalue weighted by Crippen LogP contribution is -2.41. The van der Waals surface area contributed by atoms with Gasteiger partial charge in [-0.15, -0.1) is 0 Å². The lowest BCUT2D eigenvalue weighted by atomic mass is 9.78. The number of aromatic nitrogens is 1. The molecule has 27 heavy (non-hydrogen) atoms. The highest BCUT2D eigenvalue weighted by Gasteiger charge is 2.52. The first-order chi connectivity index (χ1) is 12.7. The maximum Gasteiger partial charge on any atom is 0.494 e. The van der Waals surface area contributed by atoms with E-state index >= 15 is 0 Å². The SMILES string of the molecule is Cc1cccc(CN2Cc3ccc(B4OC(C)(C)C(C)(C)O4)cc3C2=O)n1. The Kier molecular flexibility index (Phi) is 4.16. The minimum Gasteiger partial charge on any atom is -0.399 e. The number of hydrogen-bond donors (Lipinski definition) is 0. The molecular weight excluding hydrogens is 339 g/mol. The highest BCUT2D eigenvalue weighted by molar-refractivity contribution is 6.62. The third kappa shape index (κ3) is 3.17. The van der Waals surface area contributed by atoms with Crippen LogP contribution in [0.1, 0.15) is 55.0 Å². The summed E-state index contributed by atoms with van der Waals surface area (Å²) in [6, 6.07) is 11.8. The predicted molar refractivity (Wildman–Crippen MR) is 105 cm³/mol. The summed E-state index contributed by atoms with van der Waals surface area (Å²) in [5, 5.41) is 0. The Balaban J connectivity index is 1.55. The van der Waals surface area contributed by atoms with Gasteiger partial charge in [0.2, 0.25) is 0 Å². The summed E-state index contributed by atoms with van der Waals surface area (Å²) < 4.78 is 12.2. The van der Waals surface area contributed by atoms with Gasteiger partial charge in [-0.25, -0.2) is 0 Å². The molecule has 3 heterocycles. The molecule has 0 unspecified atom stereocenters. The Bertz CT molecular complexity index is 894. The fourth-order valence-corrected chi connectivity index (χ4v) is 3.52. The second kappa shape index (κ2) is 6.18. The number of aryl methyl sites for hydroxylation is 1. The van der Waals surface area contributed by atoms with Crippen molar-refractivity contribution in [2.45, 2.75) is 58.9 Å². The zero-order valence-corrected chi connectivity index (χ0v) is 16.6. The number of carbonyl (C=O) groups is 1. The number of carbonyl (C=O) groups excluding carboxylic acids is 1. The first-order valence-corrected chi connectivity index (χ1v) is 9.36. The summed E-state index contributed by atoms with van der Waals surface area (Å²) in [5.41, 5.74) is 3.72. The summed E-state index contributed by atoms with van der Waals surface area (Å²) in [6.45, 7) is 11.2. The van der Waals surface area contributed by atoms with Gasteiger partial charge in [-0.1, -0.05) is 18.2 Å². The Morgan fingerprint density at radius 1 is 1.11 bits per heavy atom. The molecule has 6 heteroatoms. The van der Waals surface area contributed by atoms with Crippen molar-refractivity contribution in [3.8, 4) is 0 Å². The van der Waals surface area contributed by atoms with Crippen molar-refractivity contribution < 1.29 is 14.1 Å². The average molecular weight is 364 g/mol. The second-order valence-electron chi connectivity index (χ2n) is 8.44. The lowest BCUT2D eigenvalue weighted by Gasteiger charge is -2.32. The fourth-order valence-electron chi connectivity index (χ4n) is 3.52. The molecule has 2 aromatic rings. The number of hydrogen-bond acceptors (Lipinski definition) is 4. The molecule has 1 amide bonds. The molecule has 2 aliphatic rings. The zero-order chi connectivity index (χ0) is 19.4. The number of amides is 1. The minimum atomic E-state index is -0.458. The van der Waals surface area contributed by atoms with Gasteiger partial charge in [-0.05, 0) is 63.8 Å². The molecule has 140 valence electrons. The molecule has 0 bridgehead atoms. The molecule has 4 rings (SSSR count). The van der Waals surface area contributed by atoms with Gasteiger partial charge >= 0.3 is 7.12 Å². The van der Waals surface area contributed by atoms with Crippen LogP contribution < -0.4 is 5.46 Å². The van der Waals surface area contributed by atoms with Gasteiger partial charge in [0.15, 0.2) is 0 Å². The molecule has 0 N–H and O–H groups in total. The minimum absolute atomic E-state index is 0.0340. The van der Waals surface area contributed by atoms with Crippen LogP contribution in [-0.2, 0) is 22.4 Å². The topological polar surface area (TPSA) is 51.7 Å². The molecule has 1 aromatic carbocycles. The highest BCUT2D eigenvalue weighted by Crippen LogP contribution is 2.36. The Morgan fingerprint density at radius 3 is 2.48 bits per heavy atom. The molecule has 0 saturated carbocycles. The van der Waals surface area contributed by atoms with Crippen molar-refractivity contribution in [2.75, 3.05) is 0 Å². The molecule has 0 atom stereocenters. The highest BCUT2D eigenvalue weighted by atomic mass is 16.7. The quantitative estimate of drug-likeness (QED) is 0.786. The van der Waals surface area contributed by atoms with Crippen LogP contribution in [0.15, 0.2) is 36.4 Å². The molecule has 5 nitrogen and oxygen atoms in total. The molecule has 0 spiro atoms. The molecule has 0 aliphatic carbocycles. The van der Waals surface area contributed by atoms with Gasteiger partial charge < -0.3 is 14.2 Å². The van der Waals surface area contributed by atoms with Crippen LogP contribution in [0.5, 0.6) is 0 Å². The van der Waals surface area contributed by atoms with E-state index in [-0.39, 0.29) is 5.91 Å². The zero-order valence-electron chi connectivity index (χ0n) is 16.6. The summed E-state index contributed by atoms with van der Waals surface area (Å²) >= 11 is 0. The van der Waals surface area contributed by atoms with Crippen LogP contribution >= 0.6 is 0 Å². The Morgan fingerprint density at radius 2 is 1.81 bits per heavy atom. The summed E-state index contributed by atoms with van der Waals surface area (Å²) in [4.78, 5) is 19.3. The van der Waals surface area contributed by atoms with E-state index in [1.54, 1.807) is 0 Å². The summed E-state index contributed by atoms with van der Waals surface area (Å²) in [6.07, 6.45) is 0. The van der Waals surface area contributed by atoms with Crippen LogP contribution in [0.4, 0.5) is 0 Å². The van der Waals surface area contributed by atoms with Crippen LogP contribution in [-0.4, -0.2) is 34.1 Å². The number of nitrogens with zero attached hydrogens (tertiary/aromatic N) is 2. The number of fused-ring (bicyclic) bond motifs is 1. The fraction of sp³-hybridized carbons (Fsp3) is 0.429. The molecule has 2 aliphatic heterocycles. The van der Waals surface area contributed by atoms with Crippen LogP contribution in [0.3, 0.4) is 0 Å². The van der Waals surface area contributed by atoms with Crippen molar-refractivity contribution in [3.63, 3.8) is 0 Å². The number of pyridine rings is 1. The van der Waals surface area contributed by atoms with Crippen LogP contribution in [0, 0.1) is 6.92 Å². The van der Waals surface area contributed by atoms with E-state index in [1.807, 2.05) is 75.9 Å². The monoisotopic (exact) mass is 364 g/mol. The van der Waals surface area contributed by atoms with Crippen LogP contribution in [0.25, 0.3) is 0 Å². The average Bonchev–Trinajstić information content (AvgIpc) is 3.00. The molecular formula is C21H25BN2O3. The van der Waals surface area contributed by atoms with E-state index in [1.165, 1.54) is 0 Å². The van der Waals surface area contributed by atoms with Gasteiger partial charge in [0, 0.05) is 17.8 Å². The smallest absolute Gasteiger partial charge is 0.399 e. The molecule has 1 fully saturated rings. The third-order valence-electron chi connectivity index (χ3n) is 5.84. The Hall–Kier alpha value is -2.18. The van der Waals surface area contributed by atoms with Crippen molar-refractivity contribution >= 4 is 18.5 Å². The largest absolute Gasteiger partial charge is 0.494 e. The van der Waals surface area contributed by atoms with Gasteiger partial charge in [0.1, 0.15) is 0 Å². The van der Waals surface area contributed by atoms with E-state index < -0.39 is 18.3 Å². The van der Waals surface area contributed by atoms with E-state index in [9.17, 15) is 4.79 Å². The van der Waals surface area contributed by atoms with Crippen LogP contribution in [0.2, 0.25) is 0 Å². The van der Waals surface area contributed by atoms with Gasteiger partial charge in [-0.2, -0.15) is 0 Å².